The molecule has 2 fully saturated rings. The van der Waals surface area contributed by atoms with Gasteiger partial charge in [-0.2, -0.15) is 5.10 Å². The molecule has 2 aromatic heterocycles. The first-order valence-corrected chi connectivity index (χ1v) is 13.5. The Morgan fingerprint density at radius 1 is 0.973 bits per heavy atom. The van der Waals surface area contributed by atoms with Crippen LogP contribution in [-0.2, 0) is 9.47 Å². The van der Waals surface area contributed by atoms with E-state index < -0.39 is 0 Å². The molecule has 0 aliphatic carbocycles. The number of methoxy groups -OCH3 is 1. The summed E-state index contributed by atoms with van der Waals surface area (Å²) in [6, 6.07) is 14.1. The van der Waals surface area contributed by atoms with Crippen molar-refractivity contribution in [1.82, 2.24) is 19.4 Å². The maximum Gasteiger partial charge on any atom is 0.409 e. The van der Waals surface area contributed by atoms with Gasteiger partial charge in [-0.05, 0) is 69.0 Å². The van der Waals surface area contributed by atoms with E-state index in [1.54, 1.807) is 12.0 Å². The quantitative estimate of drug-likeness (QED) is 0.441. The molecule has 8 nitrogen and oxygen atoms in total. The Morgan fingerprint density at radius 3 is 2.38 bits per heavy atom. The minimum Gasteiger partial charge on any atom is -0.447 e. The number of amides is 1. The fourth-order valence-corrected chi connectivity index (χ4v) is 5.56. The summed E-state index contributed by atoms with van der Waals surface area (Å²) in [6.45, 7) is 10.4. The normalized spacial score (nSPS) is 17.6. The Hall–Kier alpha value is -3.10. The maximum absolute atomic E-state index is 12.3. The lowest BCUT2D eigenvalue weighted by Gasteiger charge is -2.35. The second-order valence-corrected chi connectivity index (χ2v) is 10.4. The SMILES string of the molecule is COCCOC(=O)N1CCN(c2ccnn3cc(-c4ccc(C5CCN(C(C)C)CC5)cc4)cc23)CC1. The number of aromatic nitrogens is 2. The number of hydrogen-bond acceptors (Lipinski definition) is 6. The van der Waals surface area contributed by atoms with E-state index in [4.69, 9.17) is 9.47 Å². The van der Waals surface area contributed by atoms with Crippen LogP contribution in [0.25, 0.3) is 16.6 Å². The smallest absolute Gasteiger partial charge is 0.409 e. The summed E-state index contributed by atoms with van der Waals surface area (Å²) in [7, 11) is 1.60. The molecule has 0 unspecified atom stereocenters. The molecule has 1 amide bonds. The Morgan fingerprint density at radius 2 is 1.70 bits per heavy atom. The van der Waals surface area contributed by atoms with Crippen molar-refractivity contribution >= 4 is 17.3 Å². The Bertz CT molecular complexity index is 1180. The number of piperazine rings is 1. The highest BCUT2D eigenvalue weighted by Crippen LogP contribution is 2.32. The van der Waals surface area contributed by atoms with Gasteiger partial charge < -0.3 is 24.2 Å². The highest BCUT2D eigenvalue weighted by atomic mass is 16.6. The van der Waals surface area contributed by atoms with Crippen molar-refractivity contribution in [3.05, 3.63) is 54.4 Å². The number of fused-ring (bicyclic) bond motifs is 1. The summed E-state index contributed by atoms with van der Waals surface area (Å²) in [5.41, 5.74) is 6.05. The molecule has 0 spiro atoms. The Labute approximate surface area is 219 Å². The molecule has 2 saturated heterocycles. The van der Waals surface area contributed by atoms with Crippen molar-refractivity contribution in [3.63, 3.8) is 0 Å². The predicted octanol–water partition coefficient (Wildman–Crippen LogP) is 4.49. The zero-order chi connectivity index (χ0) is 25.8. The molecule has 0 atom stereocenters. The van der Waals surface area contributed by atoms with Crippen LogP contribution in [0.3, 0.4) is 0 Å². The van der Waals surface area contributed by atoms with Gasteiger partial charge in [0.25, 0.3) is 0 Å². The van der Waals surface area contributed by atoms with Crippen molar-refractivity contribution in [1.29, 1.82) is 0 Å². The van der Waals surface area contributed by atoms with Gasteiger partial charge in [0.15, 0.2) is 0 Å². The van der Waals surface area contributed by atoms with Gasteiger partial charge >= 0.3 is 6.09 Å². The number of ether oxygens (including phenoxy) is 2. The first kappa shape index (κ1) is 25.5. The Kier molecular flexibility index (Phi) is 7.96. The molecule has 0 saturated carbocycles. The number of nitrogens with zero attached hydrogens (tertiary/aromatic N) is 5. The van der Waals surface area contributed by atoms with Crippen molar-refractivity contribution in [2.24, 2.45) is 0 Å². The van der Waals surface area contributed by atoms with Crippen LogP contribution in [0.1, 0.15) is 38.2 Å². The van der Waals surface area contributed by atoms with Gasteiger partial charge in [0.2, 0.25) is 0 Å². The van der Waals surface area contributed by atoms with Gasteiger partial charge in [-0.1, -0.05) is 24.3 Å². The van der Waals surface area contributed by atoms with Crippen molar-refractivity contribution in [3.8, 4) is 11.1 Å². The van der Waals surface area contributed by atoms with Crippen LogP contribution in [0, 0.1) is 0 Å². The number of piperidine rings is 1. The Balaban J connectivity index is 1.25. The molecular formula is C29H39N5O3. The third-order valence-corrected chi connectivity index (χ3v) is 7.85. The van der Waals surface area contributed by atoms with Crippen LogP contribution in [-0.4, -0.2) is 91.1 Å². The number of carbonyl (C=O) groups is 1. The number of hydrogen-bond donors (Lipinski definition) is 0. The lowest BCUT2D eigenvalue weighted by molar-refractivity contribution is 0.0705. The average Bonchev–Trinajstić information content (AvgIpc) is 3.38. The number of anilines is 1. The zero-order valence-electron chi connectivity index (χ0n) is 22.3. The van der Waals surface area contributed by atoms with E-state index in [2.05, 4.69) is 71.3 Å². The third kappa shape index (κ3) is 5.75. The molecule has 8 heteroatoms. The molecular weight excluding hydrogens is 466 g/mol. The van der Waals surface area contributed by atoms with E-state index in [0.29, 0.717) is 31.7 Å². The largest absolute Gasteiger partial charge is 0.447 e. The van der Waals surface area contributed by atoms with Crippen LogP contribution >= 0.6 is 0 Å². The highest BCUT2D eigenvalue weighted by molar-refractivity contribution is 5.80. The second kappa shape index (κ2) is 11.5. The summed E-state index contributed by atoms with van der Waals surface area (Å²) in [5.74, 6) is 0.654. The van der Waals surface area contributed by atoms with E-state index in [0.717, 1.165) is 24.3 Å². The highest BCUT2D eigenvalue weighted by Gasteiger charge is 2.24. The molecule has 3 aromatic rings. The van der Waals surface area contributed by atoms with Gasteiger partial charge in [-0.3, -0.25) is 0 Å². The lowest BCUT2D eigenvalue weighted by atomic mass is 9.88. The topological polar surface area (TPSA) is 62.6 Å². The summed E-state index contributed by atoms with van der Waals surface area (Å²) >= 11 is 0. The van der Waals surface area contributed by atoms with Gasteiger partial charge in [0, 0.05) is 57.3 Å². The summed E-state index contributed by atoms with van der Waals surface area (Å²) in [5, 5.41) is 4.57. The molecule has 4 heterocycles. The van der Waals surface area contributed by atoms with E-state index >= 15 is 0 Å². The van der Waals surface area contributed by atoms with Crippen molar-refractivity contribution in [2.45, 2.75) is 38.6 Å². The van der Waals surface area contributed by atoms with E-state index in [9.17, 15) is 4.79 Å². The van der Waals surface area contributed by atoms with Gasteiger partial charge in [0.1, 0.15) is 6.61 Å². The molecule has 0 N–H and O–H groups in total. The summed E-state index contributed by atoms with van der Waals surface area (Å²) in [4.78, 5) is 18.9. The standard InChI is InChI=1S/C29H39N5O3/c1-22(2)31-12-9-25(10-13-31)23-4-6-24(7-5-23)26-20-28-27(8-11-30-34(28)21-26)32-14-16-33(17-15-32)29(35)37-19-18-36-3/h4-8,11,20-22,25H,9-10,12-19H2,1-3H3. The fraction of sp³-hybridized carbons (Fsp3) is 0.517. The van der Waals surface area contributed by atoms with Crippen LogP contribution in [0.15, 0.2) is 48.8 Å². The second-order valence-electron chi connectivity index (χ2n) is 10.4. The zero-order valence-corrected chi connectivity index (χ0v) is 22.3. The number of carbonyl (C=O) groups excluding carboxylic acids is 1. The summed E-state index contributed by atoms with van der Waals surface area (Å²) < 4.78 is 12.2. The fourth-order valence-electron chi connectivity index (χ4n) is 5.56. The first-order chi connectivity index (χ1) is 18.0. The average molecular weight is 506 g/mol. The van der Waals surface area contributed by atoms with Gasteiger partial charge in [-0.25, -0.2) is 9.31 Å². The monoisotopic (exact) mass is 505 g/mol. The van der Waals surface area contributed by atoms with Crippen LogP contribution in [0.2, 0.25) is 0 Å². The van der Waals surface area contributed by atoms with Crippen LogP contribution < -0.4 is 4.90 Å². The van der Waals surface area contributed by atoms with Crippen LogP contribution in [0.5, 0.6) is 0 Å². The third-order valence-electron chi connectivity index (χ3n) is 7.85. The molecule has 1 aromatic carbocycles. The number of rotatable bonds is 7. The number of benzene rings is 1. The van der Waals surface area contributed by atoms with Crippen molar-refractivity contribution < 1.29 is 14.3 Å². The van der Waals surface area contributed by atoms with E-state index in [1.807, 2.05) is 10.7 Å². The molecule has 0 bridgehead atoms. The molecule has 5 rings (SSSR count). The van der Waals surface area contributed by atoms with Crippen molar-refractivity contribution in [2.75, 3.05) is 64.5 Å². The number of likely N-dealkylation sites (tertiary alicyclic amines) is 1. The first-order valence-electron chi connectivity index (χ1n) is 13.5. The molecule has 37 heavy (non-hydrogen) atoms. The molecule has 2 aliphatic rings. The van der Waals surface area contributed by atoms with E-state index in [-0.39, 0.29) is 12.7 Å². The van der Waals surface area contributed by atoms with E-state index in [1.165, 1.54) is 42.6 Å². The maximum atomic E-state index is 12.3. The lowest BCUT2D eigenvalue weighted by Crippen LogP contribution is -2.49. The van der Waals surface area contributed by atoms with Gasteiger partial charge in [0.05, 0.1) is 17.8 Å². The predicted molar refractivity (Wildman–Crippen MR) is 146 cm³/mol. The molecule has 2 aliphatic heterocycles. The van der Waals surface area contributed by atoms with Crippen LogP contribution in [0.4, 0.5) is 10.5 Å². The van der Waals surface area contributed by atoms with Gasteiger partial charge in [-0.15, -0.1) is 0 Å². The molecule has 0 radical (unpaired) electrons. The molecule has 198 valence electrons. The summed E-state index contributed by atoms with van der Waals surface area (Å²) in [6.07, 6.45) is 6.16. The minimum absolute atomic E-state index is 0.268. The minimum atomic E-state index is -0.268.